The van der Waals surface area contributed by atoms with Crippen molar-refractivity contribution in [1.29, 1.82) is 0 Å². The van der Waals surface area contributed by atoms with Crippen molar-refractivity contribution in [2.24, 2.45) is 40.9 Å². The van der Waals surface area contributed by atoms with E-state index in [1.165, 1.54) is 28.4 Å². The molecule has 9 aromatic rings. The Morgan fingerprint density at radius 2 is 0.976 bits per heavy atom. The van der Waals surface area contributed by atoms with Crippen molar-refractivity contribution in [2.45, 2.75) is 27.2 Å². The number of nitrogens with one attached hydrogen (secondary N) is 2. The van der Waals surface area contributed by atoms with E-state index in [0.29, 0.717) is 90.8 Å². The molecule has 0 aliphatic carbocycles. The maximum atomic E-state index is 13.4. The van der Waals surface area contributed by atoms with E-state index in [-0.39, 0.29) is 30.4 Å². The molecule has 0 spiro atoms. The lowest BCUT2D eigenvalue weighted by Gasteiger charge is -2.12. The maximum absolute atomic E-state index is 13.4. The minimum absolute atomic E-state index is 0.0184. The second-order valence-corrected chi connectivity index (χ2v) is 20.2. The highest BCUT2D eigenvalue weighted by atomic mass is 32.2. The van der Waals surface area contributed by atoms with E-state index in [9.17, 15) is 18.3 Å². The number of methoxy groups -OCH3 is 4. The molecule has 416 valence electrons. The lowest BCUT2D eigenvalue weighted by molar-refractivity contribution is 0.102. The topological polar surface area (TPSA) is 261 Å². The highest BCUT2D eigenvalue weighted by molar-refractivity contribution is 7.85. The summed E-state index contributed by atoms with van der Waals surface area (Å²) in [5.74, 6) is 1.20. The molecule has 0 heterocycles. The highest BCUT2D eigenvalue weighted by Gasteiger charge is 2.17. The predicted octanol–water partition coefficient (Wildman–Crippen LogP) is 17.0. The number of ether oxygens (including phenoxy) is 5. The van der Waals surface area contributed by atoms with Crippen LogP contribution in [0.15, 0.2) is 193 Å². The van der Waals surface area contributed by atoms with E-state index in [4.69, 9.17) is 28.2 Å². The Bertz CT molecular complexity index is 4120. The zero-order valence-corrected chi connectivity index (χ0v) is 46.5. The molecule has 0 aliphatic heterocycles. The number of carbonyl (C=O) groups is 1. The van der Waals surface area contributed by atoms with Crippen molar-refractivity contribution in [1.82, 2.24) is 0 Å². The quantitative estimate of drug-likeness (QED) is 0.0299. The zero-order valence-electron chi connectivity index (χ0n) is 45.7. The van der Waals surface area contributed by atoms with Crippen LogP contribution in [0.2, 0.25) is 0 Å². The second-order valence-electron chi connectivity index (χ2n) is 18.6. The van der Waals surface area contributed by atoms with Gasteiger partial charge in [0.15, 0.2) is 5.75 Å². The molecule has 0 bridgehead atoms. The predicted molar refractivity (Wildman–Crippen MR) is 317 cm³/mol. The number of aromatic hydroxyl groups is 1. The van der Waals surface area contributed by atoms with Crippen LogP contribution in [0.1, 0.15) is 33.5 Å². The van der Waals surface area contributed by atoms with Crippen LogP contribution in [0.5, 0.6) is 34.5 Å². The summed E-state index contributed by atoms with van der Waals surface area (Å²) in [7, 11) is 1.94. The van der Waals surface area contributed by atoms with Gasteiger partial charge < -0.3 is 39.4 Å². The Hall–Kier alpha value is -10.1. The summed E-state index contributed by atoms with van der Waals surface area (Å²) >= 11 is 0. The first-order valence-electron chi connectivity index (χ1n) is 25.5. The summed E-state index contributed by atoms with van der Waals surface area (Å²) in [6, 6.07) is 45.3. The molecule has 0 radical (unpaired) electrons. The molecule has 1 amide bonds. The average molecular weight is 1120 g/mol. The smallest absolute Gasteiger partial charge is 0.264 e. The van der Waals surface area contributed by atoms with Gasteiger partial charge in [-0.1, -0.05) is 42.5 Å². The number of carbonyl (C=O) groups excluding carboxylic acids is 1. The average Bonchev–Trinajstić information content (AvgIpc) is 3.47. The van der Waals surface area contributed by atoms with Crippen molar-refractivity contribution in [3.05, 3.63) is 174 Å². The van der Waals surface area contributed by atoms with E-state index in [0.717, 1.165) is 38.7 Å². The summed E-state index contributed by atoms with van der Waals surface area (Å²) in [5.41, 5.74) is 8.34. The lowest BCUT2D eigenvalue weighted by Crippen LogP contribution is -2.12. The number of aryl methyl sites for hydroxylation is 3. The molecule has 0 saturated carbocycles. The summed E-state index contributed by atoms with van der Waals surface area (Å²) in [6.45, 7) is 5.64. The lowest BCUT2D eigenvalue weighted by atomic mass is 10.1. The molecule has 20 nitrogen and oxygen atoms in total. The first-order chi connectivity index (χ1) is 39.6. The number of amides is 1. The van der Waals surface area contributed by atoms with Gasteiger partial charge in [0.2, 0.25) is 0 Å². The van der Waals surface area contributed by atoms with E-state index < -0.39 is 15.9 Å². The number of fused-ring (bicyclic) bond motifs is 2. The van der Waals surface area contributed by atoms with Crippen LogP contribution in [0, 0.1) is 20.8 Å². The third kappa shape index (κ3) is 13.6. The van der Waals surface area contributed by atoms with Crippen LogP contribution in [0.25, 0.3) is 21.5 Å². The first-order valence-corrected chi connectivity index (χ1v) is 27.1. The molecule has 0 fully saturated rings. The minimum Gasteiger partial charge on any atom is -0.505 e. The van der Waals surface area contributed by atoms with Gasteiger partial charge in [-0.25, -0.2) is 0 Å². The monoisotopic (exact) mass is 1120 g/mol. The van der Waals surface area contributed by atoms with Crippen molar-refractivity contribution in [2.75, 3.05) is 51.4 Å². The summed E-state index contributed by atoms with van der Waals surface area (Å²) in [4.78, 5) is 13.4. The molecule has 82 heavy (non-hydrogen) atoms. The molecule has 9 aromatic carbocycles. The minimum atomic E-state index is -4.09. The normalized spacial score (nSPS) is 11.8. The molecule has 0 saturated heterocycles. The van der Waals surface area contributed by atoms with Gasteiger partial charge in [0.25, 0.3) is 16.0 Å². The van der Waals surface area contributed by atoms with Gasteiger partial charge in [0.05, 0.1) is 57.9 Å². The number of phenols is 1. The number of anilines is 3. The zero-order chi connectivity index (χ0) is 57.9. The molecule has 0 atom stereocenters. The third-order valence-corrected chi connectivity index (χ3v) is 13.7. The molecular formula is C61H56N10O10S. The van der Waals surface area contributed by atoms with Crippen molar-refractivity contribution >= 4 is 100 Å². The molecule has 21 heteroatoms. The van der Waals surface area contributed by atoms with Crippen molar-refractivity contribution < 1.29 is 46.6 Å². The fourth-order valence-corrected chi connectivity index (χ4v) is 9.09. The summed E-state index contributed by atoms with van der Waals surface area (Å²) in [6.07, 6.45) is 0.116. The Morgan fingerprint density at radius 1 is 0.463 bits per heavy atom. The number of hydrogen-bond donors (Lipinski definition) is 4. The van der Waals surface area contributed by atoms with Gasteiger partial charge in [0, 0.05) is 57.7 Å². The maximum Gasteiger partial charge on any atom is 0.264 e. The second kappa shape index (κ2) is 25.3. The van der Waals surface area contributed by atoms with Crippen molar-refractivity contribution in [3.63, 3.8) is 0 Å². The van der Waals surface area contributed by atoms with E-state index in [1.54, 1.807) is 78.9 Å². The third-order valence-electron chi connectivity index (χ3n) is 12.9. The number of para-hydroxylation sites is 1. The molecule has 0 aromatic heterocycles. The van der Waals surface area contributed by atoms with Gasteiger partial charge in [-0.3, -0.25) is 9.35 Å². The van der Waals surface area contributed by atoms with Crippen LogP contribution < -0.4 is 34.3 Å². The Labute approximate surface area is 472 Å². The molecular weight excluding hydrogens is 1060 g/mol. The highest BCUT2D eigenvalue weighted by Crippen LogP contribution is 2.45. The Morgan fingerprint density at radius 3 is 1.56 bits per heavy atom. The number of phenolic OH excluding ortho intramolecular Hbond substituents is 1. The number of benzene rings is 9. The standard InChI is InChI=1S/C61H56N10O10S/c1-36-27-41(61(73)63-44-20-17-39-13-11-16-55(46(39)31-44)81-25-12-26-82(74,75)76)19-23-47(36)64-66-49-32-56(77-4)51(28-37(49)2)68-67-50-33-57(78-5)52(29-38(50)3)69-71-54-35-58(79-6)53(34-59(54)80-7)70-65-48-24-18-40-30-43(21-22-45(40)60(48)72)62-42-14-9-8-10-15-42/h8-11,13-24,27-35,62,72H,12,25-26H2,1-7H3,(H,63,73)(H,74,75,76). The van der Waals surface area contributed by atoms with Crippen LogP contribution >= 0.6 is 0 Å². The van der Waals surface area contributed by atoms with E-state index in [1.807, 2.05) is 93.6 Å². The number of azo groups is 4. The van der Waals surface area contributed by atoms with Gasteiger partial charge in [-0.15, -0.1) is 25.6 Å². The fraction of sp³-hybridized carbons (Fsp3) is 0.164. The van der Waals surface area contributed by atoms with E-state index in [2.05, 4.69) is 51.5 Å². The molecule has 9 rings (SSSR count). The molecule has 0 aliphatic rings. The van der Waals surface area contributed by atoms with Crippen LogP contribution in [0.4, 0.5) is 62.6 Å². The first kappa shape index (κ1) is 56.6. The molecule has 4 N–H and O–H groups in total. The largest absolute Gasteiger partial charge is 0.505 e. The van der Waals surface area contributed by atoms with Gasteiger partial charge in [0.1, 0.15) is 57.2 Å². The van der Waals surface area contributed by atoms with Gasteiger partial charge >= 0.3 is 0 Å². The SMILES string of the molecule is COc1cc(N=Nc2ccc(C(=O)Nc3ccc4cccc(OCCCS(=O)(=O)O)c4c3)cc2C)c(C)cc1N=Nc1cc(OC)c(N=Nc2cc(OC)c(N=Nc3ccc4cc(Nc5ccccc5)ccc4c3O)cc2OC)cc1C. The summed E-state index contributed by atoms with van der Waals surface area (Å²) in [5, 5.41) is 56.4. The van der Waals surface area contributed by atoms with Gasteiger partial charge in [-0.05, 0) is 140 Å². The number of hydrogen-bond acceptors (Lipinski definition) is 18. The van der Waals surface area contributed by atoms with Gasteiger partial charge in [-0.2, -0.15) is 23.8 Å². The molecule has 0 unspecified atom stereocenters. The van der Waals surface area contributed by atoms with E-state index >= 15 is 0 Å². The van der Waals surface area contributed by atoms with Crippen molar-refractivity contribution in [3.8, 4) is 34.5 Å². The van der Waals surface area contributed by atoms with Crippen LogP contribution in [-0.4, -0.2) is 64.8 Å². The number of nitrogens with zero attached hydrogens (tertiary/aromatic N) is 8. The van der Waals surface area contributed by atoms with Crippen LogP contribution in [0.3, 0.4) is 0 Å². The summed E-state index contributed by atoms with van der Waals surface area (Å²) < 4.78 is 59.9. The fourth-order valence-electron chi connectivity index (χ4n) is 8.61. The Balaban J connectivity index is 0.855. The Kier molecular flexibility index (Phi) is 17.5. The van der Waals surface area contributed by atoms with Crippen LogP contribution in [-0.2, 0) is 10.1 Å². The number of rotatable bonds is 21.